The first-order valence-electron chi connectivity index (χ1n) is 11.4. The van der Waals surface area contributed by atoms with Crippen molar-refractivity contribution in [3.05, 3.63) is 111 Å². The van der Waals surface area contributed by atoms with E-state index in [2.05, 4.69) is 24.0 Å². The van der Waals surface area contributed by atoms with Crippen LogP contribution >= 0.6 is 11.8 Å². The number of aliphatic hydroxyl groups is 1. The van der Waals surface area contributed by atoms with Gasteiger partial charge in [-0.15, -0.1) is 0 Å². The molecule has 0 spiro atoms. The molecule has 0 bridgehead atoms. The minimum Gasteiger partial charge on any atom is -0.506 e. The molecule has 35 heavy (non-hydrogen) atoms. The molecule has 0 radical (unpaired) electrons. The molecular formula is C29H27NO4S. The van der Waals surface area contributed by atoms with Crippen molar-refractivity contribution < 1.29 is 19.4 Å². The number of aliphatic imine (C=N–C) groups is 1. The van der Waals surface area contributed by atoms with Crippen LogP contribution in [0.3, 0.4) is 0 Å². The first kappa shape index (κ1) is 24.4. The lowest BCUT2D eigenvalue weighted by Gasteiger charge is -2.07. The van der Waals surface area contributed by atoms with E-state index in [-0.39, 0.29) is 17.9 Å². The lowest BCUT2D eigenvalue weighted by Crippen LogP contribution is -2.12. The van der Waals surface area contributed by atoms with Crippen molar-refractivity contribution in [3.8, 4) is 5.75 Å². The van der Waals surface area contributed by atoms with Crippen LogP contribution in [0.1, 0.15) is 29.2 Å². The summed E-state index contributed by atoms with van der Waals surface area (Å²) in [5.41, 5.74) is 5.07. The summed E-state index contributed by atoms with van der Waals surface area (Å²) in [6, 6.07) is 23.4. The van der Waals surface area contributed by atoms with E-state index in [0.29, 0.717) is 22.2 Å². The zero-order valence-corrected chi connectivity index (χ0v) is 20.8. The van der Waals surface area contributed by atoms with Gasteiger partial charge in [-0.25, -0.2) is 9.79 Å². The Bertz CT molecular complexity index is 1310. The van der Waals surface area contributed by atoms with Crippen molar-refractivity contribution in [1.29, 1.82) is 0 Å². The first-order chi connectivity index (χ1) is 16.9. The van der Waals surface area contributed by atoms with Gasteiger partial charge in [0, 0.05) is 0 Å². The third-order valence-corrected chi connectivity index (χ3v) is 6.32. The summed E-state index contributed by atoms with van der Waals surface area (Å²) in [6.07, 6.45) is 1.82. The number of aryl methyl sites for hydroxylation is 2. The normalized spacial score (nSPS) is 15.6. The molecule has 0 aliphatic carbocycles. The Kier molecular flexibility index (Phi) is 7.73. The van der Waals surface area contributed by atoms with Crippen LogP contribution in [0, 0.1) is 13.8 Å². The lowest BCUT2D eigenvalue weighted by atomic mass is 10.1. The molecule has 178 valence electrons. The van der Waals surface area contributed by atoms with Crippen LogP contribution in [-0.4, -0.2) is 22.7 Å². The Hall–Kier alpha value is -3.77. The van der Waals surface area contributed by atoms with Gasteiger partial charge in [-0.05, 0) is 62.2 Å². The maximum atomic E-state index is 12.6. The van der Waals surface area contributed by atoms with Crippen LogP contribution in [0.5, 0.6) is 5.75 Å². The summed E-state index contributed by atoms with van der Waals surface area (Å²) in [5, 5.41) is 11.3. The maximum Gasteiger partial charge on any atom is 0.344 e. The number of esters is 1. The second kappa shape index (κ2) is 11.1. The van der Waals surface area contributed by atoms with E-state index < -0.39 is 5.97 Å². The molecule has 1 aliphatic rings. The van der Waals surface area contributed by atoms with E-state index in [1.165, 1.54) is 17.3 Å². The van der Waals surface area contributed by atoms with Crippen molar-refractivity contribution in [2.45, 2.75) is 27.4 Å². The molecule has 3 aromatic rings. The molecule has 0 saturated heterocycles. The summed E-state index contributed by atoms with van der Waals surface area (Å²) in [7, 11) is 0. The van der Waals surface area contributed by atoms with Gasteiger partial charge in [0.1, 0.15) is 28.7 Å². The second-order valence-corrected chi connectivity index (χ2v) is 9.18. The number of thioether (sulfide) groups is 1. The minimum absolute atomic E-state index is 0.0850. The summed E-state index contributed by atoms with van der Waals surface area (Å²) >= 11 is 1.24. The number of hydrogen-bond acceptors (Lipinski definition) is 6. The molecule has 6 heteroatoms. The largest absolute Gasteiger partial charge is 0.506 e. The zero-order valence-electron chi connectivity index (χ0n) is 19.9. The van der Waals surface area contributed by atoms with E-state index in [9.17, 15) is 9.90 Å². The van der Waals surface area contributed by atoms with Crippen LogP contribution < -0.4 is 4.74 Å². The van der Waals surface area contributed by atoms with Crippen molar-refractivity contribution >= 4 is 34.5 Å². The predicted octanol–water partition coefficient (Wildman–Crippen LogP) is 7.08. The summed E-state index contributed by atoms with van der Waals surface area (Å²) in [5.74, 6) is 0.0343. The lowest BCUT2D eigenvalue weighted by molar-refractivity contribution is -0.138. The Morgan fingerprint density at radius 1 is 1.00 bits per heavy atom. The second-order valence-electron chi connectivity index (χ2n) is 8.15. The number of hydrogen-bond donors (Lipinski definition) is 1. The Balaban J connectivity index is 1.55. The van der Waals surface area contributed by atoms with Crippen molar-refractivity contribution in [2.75, 3.05) is 6.61 Å². The SMILES string of the molecule is CCOC(=O)C1=C(O)C(=Cc2ccc(OCc3cccc(C)c3)cc2)SC1=Nc1ccc(C)cc1. The summed E-state index contributed by atoms with van der Waals surface area (Å²) in [4.78, 5) is 17.7. The van der Waals surface area contributed by atoms with Crippen molar-refractivity contribution in [1.82, 2.24) is 0 Å². The Morgan fingerprint density at radius 2 is 1.74 bits per heavy atom. The maximum absolute atomic E-state index is 12.6. The zero-order chi connectivity index (χ0) is 24.8. The highest BCUT2D eigenvalue weighted by Gasteiger charge is 2.33. The van der Waals surface area contributed by atoms with Gasteiger partial charge in [0.15, 0.2) is 0 Å². The highest BCUT2D eigenvalue weighted by atomic mass is 32.2. The van der Waals surface area contributed by atoms with Crippen LogP contribution in [0.4, 0.5) is 5.69 Å². The fourth-order valence-corrected chi connectivity index (χ4v) is 4.54. The highest BCUT2D eigenvalue weighted by molar-refractivity contribution is 8.18. The molecule has 1 heterocycles. The molecule has 0 amide bonds. The number of rotatable bonds is 7. The molecule has 0 fully saturated rings. The first-order valence-corrected chi connectivity index (χ1v) is 12.2. The number of ether oxygens (including phenoxy) is 2. The van der Waals surface area contributed by atoms with Crippen molar-refractivity contribution in [3.63, 3.8) is 0 Å². The number of carbonyl (C=O) groups excluding carboxylic acids is 1. The molecule has 4 rings (SSSR count). The van der Waals surface area contributed by atoms with Gasteiger partial charge in [-0.2, -0.15) is 0 Å². The van der Waals surface area contributed by atoms with E-state index in [0.717, 1.165) is 22.4 Å². The van der Waals surface area contributed by atoms with Gasteiger partial charge in [-0.3, -0.25) is 0 Å². The van der Waals surface area contributed by atoms with Gasteiger partial charge >= 0.3 is 5.97 Å². The van der Waals surface area contributed by atoms with Gasteiger partial charge < -0.3 is 14.6 Å². The average molecular weight is 486 g/mol. The van der Waals surface area contributed by atoms with Gasteiger partial charge in [0.2, 0.25) is 0 Å². The molecule has 1 N–H and O–H groups in total. The van der Waals surface area contributed by atoms with Crippen LogP contribution in [0.25, 0.3) is 6.08 Å². The Morgan fingerprint density at radius 3 is 2.43 bits per heavy atom. The summed E-state index contributed by atoms with van der Waals surface area (Å²) in [6.45, 7) is 6.48. The molecular weight excluding hydrogens is 458 g/mol. The van der Waals surface area contributed by atoms with Crippen molar-refractivity contribution in [2.24, 2.45) is 4.99 Å². The molecule has 0 unspecified atom stereocenters. The third-order valence-electron chi connectivity index (χ3n) is 5.30. The van der Waals surface area contributed by atoms with E-state index in [1.807, 2.05) is 73.7 Å². The molecule has 1 aliphatic heterocycles. The molecule has 3 aromatic carbocycles. The number of nitrogens with zero attached hydrogens (tertiary/aromatic N) is 1. The van der Waals surface area contributed by atoms with Crippen LogP contribution in [-0.2, 0) is 16.1 Å². The number of benzene rings is 3. The van der Waals surface area contributed by atoms with Crippen LogP contribution in [0.2, 0.25) is 0 Å². The molecule has 0 saturated carbocycles. The molecule has 5 nitrogen and oxygen atoms in total. The third kappa shape index (κ3) is 6.22. The monoisotopic (exact) mass is 485 g/mol. The van der Waals surface area contributed by atoms with Gasteiger partial charge in [-0.1, -0.05) is 71.4 Å². The molecule has 0 atom stereocenters. The quantitative estimate of drug-likeness (QED) is 0.362. The number of aliphatic hydroxyl groups excluding tert-OH is 1. The topological polar surface area (TPSA) is 68.1 Å². The fraction of sp³-hybridized carbons (Fsp3) is 0.172. The van der Waals surface area contributed by atoms with E-state index in [1.54, 1.807) is 6.92 Å². The van der Waals surface area contributed by atoms with Crippen LogP contribution in [0.15, 0.2) is 94.0 Å². The van der Waals surface area contributed by atoms with Gasteiger partial charge in [0.05, 0.1) is 17.2 Å². The standard InChI is InChI=1S/C29H27NO4S/c1-4-33-29(32)26-27(31)25(35-28(26)30-23-12-8-19(2)9-13-23)17-21-10-14-24(15-11-21)34-18-22-7-5-6-20(3)16-22/h5-17,31H,4,18H2,1-3H3. The molecule has 0 aromatic heterocycles. The average Bonchev–Trinajstić information content (AvgIpc) is 3.14. The predicted molar refractivity (Wildman–Crippen MR) is 142 cm³/mol. The minimum atomic E-state index is -0.591. The summed E-state index contributed by atoms with van der Waals surface area (Å²) < 4.78 is 11.1. The van der Waals surface area contributed by atoms with Gasteiger partial charge in [0.25, 0.3) is 0 Å². The fourth-order valence-electron chi connectivity index (χ4n) is 3.51. The number of carbonyl (C=O) groups is 1. The Labute approximate surface area is 209 Å². The van der Waals surface area contributed by atoms with E-state index in [4.69, 9.17) is 9.47 Å². The van der Waals surface area contributed by atoms with E-state index >= 15 is 0 Å². The smallest absolute Gasteiger partial charge is 0.344 e. The highest BCUT2D eigenvalue weighted by Crippen LogP contribution is 2.40.